The van der Waals surface area contributed by atoms with E-state index in [4.69, 9.17) is 11.6 Å². The van der Waals surface area contributed by atoms with Gasteiger partial charge < -0.3 is 0 Å². The quantitative estimate of drug-likeness (QED) is 0.235. The Hall–Kier alpha value is -2.84. The molecule has 1 heterocycles. The number of halogens is 5. The predicted molar refractivity (Wildman–Crippen MR) is 113 cm³/mol. The molecule has 0 aliphatic heterocycles. The Bertz CT molecular complexity index is 1220. The van der Waals surface area contributed by atoms with Crippen LogP contribution in [0, 0.1) is 5.82 Å². The maximum Gasteiger partial charge on any atom is 0.416 e. The molecule has 3 aromatic carbocycles. The van der Waals surface area contributed by atoms with Crippen LogP contribution in [0.15, 0.2) is 78.0 Å². The average Bonchev–Trinajstić information content (AvgIpc) is 3.16. The predicted octanol–water partition coefficient (Wildman–Crippen LogP) is 7.04. The molecule has 9 heteroatoms. The Morgan fingerprint density at radius 1 is 0.871 bits per heavy atom. The molecule has 0 spiro atoms. The summed E-state index contributed by atoms with van der Waals surface area (Å²) in [6.45, 7) is 0. The number of aromatic nitrogens is 3. The SMILES string of the molecule is Fc1ccccc1-n1c(SCc2ccccc2C(F)(F)F)nnc1-c1ccccc1Cl. The van der Waals surface area contributed by atoms with E-state index in [0.717, 1.165) is 17.8 Å². The minimum absolute atomic E-state index is 0.0230. The molecular formula is C22H14ClF4N3S. The Balaban J connectivity index is 1.78. The molecule has 0 aliphatic rings. The number of rotatable bonds is 5. The fraction of sp³-hybridized carbons (Fsp3) is 0.0909. The number of alkyl halides is 3. The standard InChI is InChI=1S/C22H14ClF4N3S/c23-17-10-4-2-8-15(17)20-28-29-21(30(20)19-12-6-5-11-18(19)24)31-13-14-7-1-3-9-16(14)22(25,26)27/h1-12H,13H2. The molecule has 4 aromatic rings. The van der Waals surface area contributed by atoms with Crippen LogP contribution in [0.3, 0.4) is 0 Å². The molecule has 0 amide bonds. The Kier molecular flexibility index (Phi) is 6.02. The van der Waals surface area contributed by atoms with Crippen molar-refractivity contribution in [3.05, 3.63) is 94.8 Å². The number of hydrogen-bond acceptors (Lipinski definition) is 3. The van der Waals surface area contributed by atoms with Crippen LogP contribution in [-0.2, 0) is 11.9 Å². The van der Waals surface area contributed by atoms with E-state index >= 15 is 0 Å². The summed E-state index contributed by atoms with van der Waals surface area (Å²) in [5.74, 6) is -0.249. The van der Waals surface area contributed by atoms with Gasteiger partial charge in [0.1, 0.15) is 5.82 Å². The summed E-state index contributed by atoms with van der Waals surface area (Å²) in [7, 11) is 0. The summed E-state index contributed by atoms with van der Waals surface area (Å²) in [6.07, 6.45) is -4.47. The first-order chi connectivity index (χ1) is 14.9. The van der Waals surface area contributed by atoms with Crippen LogP contribution in [0.4, 0.5) is 17.6 Å². The van der Waals surface area contributed by atoms with Crippen molar-refractivity contribution in [2.24, 2.45) is 0 Å². The zero-order chi connectivity index (χ0) is 22.0. The van der Waals surface area contributed by atoms with Gasteiger partial charge in [-0.15, -0.1) is 10.2 Å². The van der Waals surface area contributed by atoms with Crippen LogP contribution >= 0.6 is 23.4 Å². The summed E-state index contributed by atoms with van der Waals surface area (Å²) < 4.78 is 56.1. The first-order valence-corrected chi connectivity index (χ1v) is 10.5. The van der Waals surface area contributed by atoms with E-state index in [1.807, 2.05) is 0 Å². The summed E-state index contributed by atoms with van der Waals surface area (Å²) >= 11 is 7.34. The molecule has 0 fully saturated rings. The highest BCUT2D eigenvalue weighted by atomic mass is 35.5. The van der Waals surface area contributed by atoms with Gasteiger partial charge in [0.2, 0.25) is 0 Å². The molecule has 4 rings (SSSR count). The minimum atomic E-state index is -4.47. The highest BCUT2D eigenvalue weighted by Crippen LogP contribution is 2.37. The van der Waals surface area contributed by atoms with Gasteiger partial charge in [-0.3, -0.25) is 4.57 Å². The lowest BCUT2D eigenvalue weighted by atomic mass is 10.1. The number of nitrogens with zero attached hydrogens (tertiary/aromatic N) is 3. The lowest BCUT2D eigenvalue weighted by Crippen LogP contribution is -2.08. The maximum atomic E-state index is 14.6. The molecule has 0 saturated heterocycles. The van der Waals surface area contributed by atoms with Crippen molar-refractivity contribution in [1.82, 2.24) is 14.8 Å². The van der Waals surface area contributed by atoms with E-state index in [2.05, 4.69) is 10.2 Å². The maximum absolute atomic E-state index is 14.6. The topological polar surface area (TPSA) is 30.7 Å². The Morgan fingerprint density at radius 3 is 2.29 bits per heavy atom. The zero-order valence-corrected chi connectivity index (χ0v) is 17.3. The molecule has 0 unspecified atom stereocenters. The highest BCUT2D eigenvalue weighted by molar-refractivity contribution is 7.98. The van der Waals surface area contributed by atoms with Gasteiger partial charge in [0.25, 0.3) is 0 Å². The summed E-state index contributed by atoms with van der Waals surface area (Å²) in [4.78, 5) is 0. The van der Waals surface area contributed by atoms with Gasteiger partial charge in [-0.2, -0.15) is 13.2 Å². The van der Waals surface area contributed by atoms with Crippen molar-refractivity contribution >= 4 is 23.4 Å². The van der Waals surface area contributed by atoms with Gasteiger partial charge in [0, 0.05) is 11.3 Å². The number of thioether (sulfide) groups is 1. The molecule has 0 saturated carbocycles. The van der Waals surface area contributed by atoms with E-state index in [-0.39, 0.29) is 22.2 Å². The van der Waals surface area contributed by atoms with Gasteiger partial charge in [-0.05, 0) is 35.9 Å². The molecule has 158 valence electrons. The number of para-hydroxylation sites is 1. The van der Waals surface area contributed by atoms with Crippen molar-refractivity contribution in [1.29, 1.82) is 0 Å². The van der Waals surface area contributed by atoms with Gasteiger partial charge >= 0.3 is 6.18 Å². The third kappa shape index (κ3) is 4.45. The minimum Gasteiger partial charge on any atom is -0.267 e. The first-order valence-electron chi connectivity index (χ1n) is 9.09. The van der Waals surface area contributed by atoms with Crippen LogP contribution < -0.4 is 0 Å². The largest absolute Gasteiger partial charge is 0.416 e. The monoisotopic (exact) mass is 463 g/mol. The smallest absolute Gasteiger partial charge is 0.267 e. The number of benzene rings is 3. The van der Waals surface area contributed by atoms with Crippen molar-refractivity contribution in [3.8, 4) is 17.1 Å². The van der Waals surface area contributed by atoms with Crippen molar-refractivity contribution in [2.75, 3.05) is 0 Å². The molecule has 0 aliphatic carbocycles. The molecule has 31 heavy (non-hydrogen) atoms. The molecular weight excluding hydrogens is 450 g/mol. The van der Waals surface area contributed by atoms with Gasteiger partial charge in [-0.1, -0.05) is 65.8 Å². The van der Waals surface area contributed by atoms with Crippen molar-refractivity contribution < 1.29 is 17.6 Å². The van der Waals surface area contributed by atoms with E-state index < -0.39 is 17.6 Å². The highest BCUT2D eigenvalue weighted by Gasteiger charge is 2.33. The van der Waals surface area contributed by atoms with E-state index in [9.17, 15) is 17.6 Å². The third-order valence-corrected chi connectivity index (χ3v) is 5.83. The third-order valence-electron chi connectivity index (χ3n) is 4.52. The second-order valence-electron chi connectivity index (χ2n) is 6.52. The second-order valence-corrected chi connectivity index (χ2v) is 7.87. The van der Waals surface area contributed by atoms with Gasteiger partial charge in [0.05, 0.1) is 16.3 Å². The van der Waals surface area contributed by atoms with Crippen LogP contribution in [0.5, 0.6) is 0 Å². The molecule has 0 radical (unpaired) electrons. The fourth-order valence-corrected chi connectivity index (χ4v) is 4.26. The van der Waals surface area contributed by atoms with Crippen LogP contribution in [0.2, 0.25) is 5.02 Å². The molecule has 1 aromatic heterocycles. The van der Waals surface area contributed by atoms with Crippen LogP contribution in [0.25, 0.3) is 17.1 Å². The number of hydrogen-bond donors (Lipinski definition) is 0. The van der Waals surface area contributed by atoms with Crippen LogP contribution in [0.1, 0.15) is 11.1 Å². The molecule has 0 atom stereocenters. The van der Waals surface area contributed by atoms with Gasteiger partial charge in [-0.25, -0.2) is 4.39 Å². The lowest BCUT2D eigenvalue weighted by molar-refractivity contribution is -0.138. The summed E-state index contributed by atoms with van der Waals surface area (Å²) in [5.41, 5.74) is 0.0876. The summed E-state index contributed by atoms with van der Waals surface area (Å²) in [5, 5.41) is 8.94. The summed E-state index contributed by atoms with van der Waals surface area (Å²) in [6, 6.07) is 18.3. The molecule has 0 bridgehead atoms. The first kappa shape index (κ1) is 21.4. The second kappa shape index (κ2) is 8.72. The van der Waals surface area contributed by atoms with E-state index in [0.29, 0.717) is 16.4 Å². The van der Waals surface area contributed by atoms with Crippen LogP contribution in [-0.4, -0.2) is 14.8 Å². The van der Waals surface area contributed by atoms with Crippen molar-refractivity contribution in [3.63, 3.8) is 0 Å². The Morgan fingerprint density at radius 2 is 1.55 bits per heavy atom. The zero-order valence-electron chi connectivity index (χ0n) is 15.8. The van der Waals surface area contributed by atoms with E-state index in [1.54, 1.807) is 48.5 Å². The normalized spacial score (nSPS) is 11.6. The van der Waals surface area contributed by atoms with Gasteiger partial charge in [0.15, 0.2) is 11.0 Å². The fourth-order valence-electron chi connectivity index (χ4n) is 3.10. The lowest BCUT2D eigenvalue weighted by Gasteiger charge is -2.14. The van der Waals surface area contributed by atoms with E-state index in [1.165, 1.54) is 22.8 Å². The average molecular weight is 464 g/mol. The molecule has 0 N–H and O–H groups in total. The van der Waals surface area contributed by atoms with Crippen molar-refractivity contribution in [2.45, 2.75) is 17.1 Å². The molecule has 3 nitrogen and oxygen atoms in total. The Labute approximate surface area is 184 Å².